The molecule has 12 aromatic rings. The summed E-state index contributed by atoms with van der Waals surface area (Å²) in [5.41, 5.74) is 12.2. The highest BCUT2D eigenvalue weighted by Crippen LogP contribution is 2.46. The summed E-state index contributed by atoms with van der Waals surface area (Å²) in [7, 11) is 0. The van der Waals surface area contributed by atoms with Crippen molar-refractivity contribution in [2.24, 2.45) is 0 Å². The van der Waals surface area contributed by atoms with Crippen molar-refractivity contribution in [1.29, 1.82) is 10.5 Å². The highest BCUT2D eigenvalue weighted by Gasteiger charge is 2.26. The maximum absolute atomic E-state index is 11.0. The molecule has 0 aliphatic carbocycles. The number of hydrogen-bond acceptors (Lipinski definition) is 4. The molecule has 0 spiro atoms. The van der Waals surface area contributed by atoms with Crippen LogP contribution in [-0.2, 0) is 0 Å². The minimum atomic E-state index is 0.487. The van der Waals surface area contributed by atoms with Gasteiger partial charge in [0, 0.05) is 48.7 Å². The normalized spacial score (nSPS) is 11.9. The van der Waals surface area contributed by atoms with E-state index in [9.17, 15) is 10.5 Å². The largest absolute Gasteiger partial charge is 0.454 e. The minimum Gasteiger partial charge on any atom is -0.454 e. The molecular formula is C51H28N4O2. The molecule has 0 fully saturated rings. The Morgan fingerprint density at radius 2 is 0.947 bits per heavy atom. The summed E-state index contributed by atoms with van der Waals surface area (Å²) in [4.78, 5) is 0. The maximum Gasteiger partial charge on any atom is 0.160 e. The Balaban J connectivity index is 1.32. The average Bonchev–Trinajstić information content (AvgIpc) is 4.00. The lowest BCUT2D eigenvalue weighted by Crippen LogP contribution is -2.06. The number of nitriles is 2. The van der Waals surface area contributed by atoms with E-state index in [0.29, 0.717) is 11.1 Å². The van der Waals surface area contributed by atoms with Crippen molar-refractivity contribution < 1.29 is 8.83 Å². The Hall–Kier alpha value is -8.06. The summed E-state index contributed by atoms with van der Waals surface area (Å²) in [6.45, 7) is 1.98. The fourth-order valence-corrected chi connectivity index (χ4v) is 9.23. The molecule has 0 unspecified atom stereocenters. The summed E-state index contributed by atoms with van der Waals surface area (Å²) in [5.74, 6) is 0. The van der Waals surface area contributed by atoms with E-state index >= 15 is 0 Å². The molecule has 57 heavy (non-hydrogen) atoms. The number of rotatable bonds is 3. The van der Waals surface area contributed by atoms with Gasteiger partial charge in [0.1, 0.15) is 11.2 Å². The van der Waals surface area contributed by atoms with Crippen LogP contribution in [0.4, 0.5) is 0 Å². The number of hydrogen-bond donors (Lipinski definition) is 0. The lowest BCUT2D eigenvalue weighted by molar-refractivity contribution is 0.670. The molecule has 6 nitrogen and oxygen atoms in total. The van der Waals surface area contributed by atoms with E-state index in [1.807, 2.05) is 67.6 Å². The third-order valence-corrected chi connectivity index (χ3v) is 11.6. The van der Waals surface area contributed by atoms with Crippen LogP contribution in [0.2, 0.25) is 0 Å². The molecule has 0 saturated heterocycles. The number of fused-ring (bicyclic) bond motifs is 14. The van der Waals surface area contributed by atoms with Crippen LogP contribution in [-0.4, -0.2) is 9.13 Å². The molecule has 0 saturated carbocycles. The van der Waals surface area contributed by atoms with Crippen LogP contribution in [0.25, 0.3) is 110 Å². The Morgan fingerprint density at radius 1 is 0.456 bits per heavy atom. The molecule has 4 heterocycles. The highest BCUT2D eigenvalue weighted by molar-refractivity contribution is 6.23. The topological polar surface area (TPSA) is 83.7 Å². The zero-order valence-corrected chi connectivity index (χ0v) is 30.5. The van der Waals surface area contributed by atoms with Gasteiger partial charge in [0.05, 0.1) is 56.7 Å². The van der Waals surface area contributed by atoms with Gasteiger partial charge < -0.3 is 18.0 Å². The van der Waals surface area contributed by atoms with E-state index in [0.717, 1.165) is 116 Å². The van der Waals surface area contributed by atoms with Gasteiger partial charge in [0.25, 0.3) is 0 Å². The number of benzene rings is 8. The molecule has 0 amide bonds. The summed E-state index contributed by atoms with van der Waals surface area (Å²) in [5, 5.41) is 29.4. The van der Waals surface area contributed by atoms with Crippen molar-refractivity contribution in [3.63, 3.8) is 0 Å². The molecular weight excluding hydrogens is 701 g/mol. The molecule has 264 valence electrons. The van der Waals surface area contributed by atoms with Crippen LogP contribution < -0.4 is 0 Å². The second-order valence-corrected chi connectivity index (χ2v) is 14.8. The van der Waals surface area contributed by atoms with Crippen LogP contribution in [0.15, 0.2) is 160 Å². The van der Waals surface area contributed by atoms with Crippen LogP contribution in [0.3, 0.4) is 0 Å². The van der Waals surface area contributed by atoms with Crippen molar-refractivity contribution in [2.45, 2.75) is 6.92 Å². The van der Waals surface area contributed by atoms with Crippen molar-refractivity contribution in [2.75, 3.05) is 0 Å². The minimum absolute atomic E-state index is 0.487. The molecule has 6 heteroatoms. The molecule has 0 atom stereocenters. The average molecular weight is 729 g/mol. The van der Waals surface area contributed by atoms with E-state index in [-0.39, 0.29) is 0 Å². The highest BCUT2D eigenvalue weighted by atomic mass is 16.3. The first-order valence-corrected chi connectivity index (χ1v) is 18.9. The van der Waals surface area contributed by atoms with E-state index < -0.39 is 0 Å². The smallest absolute Gasteiger partial charge is 0.160 e. The predicted octanol–water partition coefficient (Wildman–Crippen LogP) is 13.4. The van der Waals surface area contributed by atoms with E-state index in [1.165, 1.54) is 0 Å². The first-order valence-electron chi connectivity index (χ1n) is 18.9. The Morgan fingerprint density at radius 3 is 1.49 bits per heavy atom. The third kappa shape index (κ3) is 4.27. The number of aromatic nitrogens is 2. The monoisotopic (exact) mass is 728 g/mol. The Kier molecular flexibility index (Phi) is 6.30. The molecule has 0 radical (unpaired) electrons. The fraction of sp³-hybridized carbons (Fsp3) is 0.0196. The summed E-state index contributed by atoms with van der Waals surface area (Å²) in [6.07, 6.45) is 0. The number of para-hydroxylation sites is 4. The zero-order valence-electron chi connectivity index (χ0n) is 30.5. The Labute approximate surface area is 324 Å². The molecule has 4 aromatic heterocycles. The standard InChI is InChI=1S/C51H28N4O2/c1-29-22-30(27-52)24-31(23-29)41-26-45(55-43-15-7-3-11-34(43)38-19-21-40-36-13-5-9-17-47(36)57-51(40)49(38)55)44(25-32(41)28-53)54-42-14-6-2-10-33(42)37-18-20-39-35-12-4-8-16-46(35)56-50(39)48(37)54/h2-26H,1H3. The molecule has 8 aromatic carbocycles. The number of furan rings is 2. The van der Waals surface area contributed by atoms with Gasteiger partial charge in [-0.3, -0.25) is 0 Å². The van der Waals surface area contributed by atoms with Gasteiger partial charge >= 0.3 is 0 Å². The SMILES string of the molecule is Cc1cc(C#N)cc(-c2cc(-n3c4ccccc4c4ccc5c6ccccc6oc5c43)c(-n3c4ccccc4c4ccc5c6ccccc6oc5c43)cc2C#N)c1. The number of aryl methyl sites for hydroxylation is 1. The quantitative estimate of drug-likeness (QED) is 0.181. The van der Waals surface area contributed by atoms with Gasteiger partial charge in [-0.25, -0.2) is 0 Å². The van der Waals surface area contributed by atoms with Crippen molar-refractivity contribution in [3.8, 4) is 34.6 Å². The van der Waals surface area contributed by atoms with Gasteiger partial charge in [-0.15, -0.1) is 0 Å². The van der Waals surface area contributed by atoms with Gasteiger partial charge in [0.2, 0.25) is 0 Å². The summed E-state index contributed by atoms with van der Waals surface area (Å²) >= 11 is 0. The van der Waals surface area contributed by atoms with Crippen molar-refractivity contribution in [1.82, 2.24) is 9.13 Å². The lowest BCUT2D eigenvalue weighted by Gasteiger charge is -2.20. The first-order chi connectivity index (χ1) is 28.1. The molecule has 12 rings (SSSR count). The molecule has 0 N–H and O–H groups in total. The Bertz CT molecular complexity index is 3800. The van der Waals surface area contributed by atoms with Gasteiger partial charge in [-0.2, -0.15) is 10.5 Å². The lowest BCUT2D eigenvalue weighted by atomic mass is 9.95. The molecule has 0 bridgehead atoms. The summed E-state index contributed by atoms with van der Waals surface area (Å²) in [6, 6.07) is 56.6. The van der Waals surface area contributed by atoms with E-state index in [2.05, 4.69) is 112 Å². The second kappa shape index (κ2) is 11.5. The predicted molar refractivity (Wildman–Crippen MR) is 229 cm³/mol. The number of nitrogens with zero attached hydrogens (tertiary/aromatic N) is 4. The fourth-order valence-electron chi connectivity index (χ4n) is 9.23. The third-order valence-electron chi connectivity index (χ3n) is 11.6. The molecule has 0 aliphatic rings. The van der Waals surface area contributed by atoms with Crippen LogP contribution >= 0.6 is 0 Å². The second-order valence-electron chi connectivity index (χ2n) is 14.8. The zero-order chi connectivity index (χ0) is 37.9. The van der Waals surface area contributed by atoms with E-state index in [4.69, 9.17) is 8.83 Å². The van der Waals surface area contributed by atoms with Crippen molar-refractivity contribution >= 4 is 87.5 Å². The summed E-state index contributed by atoms with van der Waals surface area (Å²) < 4.78 is 18.1. The van der Waals surface area contributed by atoms with Gasteiger partial charge in [0.15, 0.2) is 11.2 Å². The van der Waals surface area contributed by atoms with Crippen molar-refractivity contribution in [3.05, 3.63) is 168 Å². The van der Waals surface area contributed by atoms with Crippen LogP contribution in [0.5, 0.6) is 0 Å². The van der Waals surface area contributed by atoms with E-state index in [1.54, 1.807) is 0 Å². The maximum atomic E-state index is 11.0. The van der Waals surface area contributed by atoms with Gasteiger partial charge in [-0.1, -0.05) is 91.0 Å². The first kappa shape index (κ1) is 31.3. The van der Waals surface area contributed by atoms with Crippen LogP contribution in [0.1, 0.15) is 16.7 Å². The van der Waals surface area contributed by atoms with Crippen LogP contribution in [0, 0.1) is 29.6 Å². The molecule has 0 aliphatic heterocycles. The van der Waals surface area contributed by atoms with Gasteiger partial charge in [-0.05, 0) is 78.7 Å².